The highest BCUT2D eigenvalue weighted by molar-refractivity contribution is 7.08. The molecule has 28 heavy (non-hydrogen) atoms. The van der Waals surface area contributed by atoms with E-state index in [1.165, 1.54) is 12.1 Å². The van der Waals surface area contributed by atoms with Crippen LogP contribution >= 0.6 is 11.3 Å². The van der Waals surface area contributed by atoms with Crippen LogP contribution in [-0.4, -0.2) is 52.7 Å². The van der Waals surface area contributed by atoms with Gasteiger partial charge in [-0.15, -0.1) is 5.10 Å². The van der Waals surface area contributed by atoms with E-state index < -0.39 is 0 Å². The average Bonchev–Trinajstić information content (AvgIpc) is 3.38. The third-order valence-corrected chi connectivity index (χ3v) is 5.90. The second kappa shape index (κ2) is 7.00. The summed E-state index contributed by atoms with van der Waals surface area (Å²) in [7, 11) is 2.15. The number of piperazine rings is 1. The Bertz CT molecular complexity index is 1100. The van der Waals surface area contributed by atoms with Gasteiger partial charge in [0.05, 0.1) is 11.9 Å². The van der Waals surface area contributed by atoms with Gasteiger partial charge in [-0.25, -0.2) is 13.9 Å². The molecular weight excluding hydrogens is 373 g/mol. The summed E-state index contributed by atoms with van der Waals surface area (Å²) in [6.45, 7) is 3.96. The summed E-state index contributed by atoms with van der Waals surface area (Å²) >= 11 is 1.67. The normalized spacial score (nSPS) is 15.4. The Morgan fingerprint density at radius 3 is 2.50 bits per heavy atom. The van der Waals surface area contributed by atoms with E-state index in [4.69, 9.17) is 10.1 Å². The van der Waals surface area contributed by atoms with E-state index in [2.05, 4.69) is 39.7 Å². The molecule has 1 saturated heterocycles. The molecule has 0 amide bonds. The van der Waals surface area contributed by atoms with Gasteiger partial charge in [-0.05, 0) is 59.8 Å². The number of thiophene rings is 1. The third kappa shape index (κ3) is 3.16. The minimum absolute atomic E-state index is 0.248. The fourth-order valence-electron chi connectivity index (χ4n) is 3.54. The lowest BCUT2D eigenvalue weighted by Crippen LogP contribution is -2.45. The summed E-state index contributed by atoms with van der Waals surface area (Å²) in [6, 6.07) is 10.7. The van der Waals surface area contributed by atoms with Crippen molar-refractivity contribution < 1.29 is 4.39 Å². The first-order valence-electron chi connectivity index (χ1n) is 9.30. The number of halogens is 1. The van der Waals surface area contributed by atoms with Crippen LogP contribution in [0.15, 0.2) is 53.4 Å². The smallest absolute Gasteiger partial charge is 0.162 e. The first-order chi connectivity index (χ1) is 13.7. The molecule has 1 aliphatic heterocycles. The Labute approximate surface area is 166 Å². The van der Waals surface area contributed by atoms with Crippen LogP contribution in [0.1, 0.15) is 0 Å². The van der Waals surface area contributed by atoms with E-state index in [-0.39, 0.29) is 5.82 Å². The van der Waals surface area contributed by atoms with Crippen molar-refractivity contribution in [1.29, 1.82) is 0 Å². The van der Waals surface area contributed by atoms with E-state index in [9.17, 15) is 4.39 Å². The molecule has 5 nitrogen and oxygen atoms in total. The Balaban J connectivity index is 1.64. The Morgan fingerprint density at radius 1 is 1.00 bits per heavy atom. The summed E-state index contributed by atoms with van der Waals surface area (Å²) in [4.78, 5) is 9.48. The molecular formula is C21H20FN5S. The van der Waals surface area contributed by atoms with Gasteiger partial charge >= 0.3 is 0 Å². The number of rotatable bonds is 3. The molecule has 0 spiro atoms. The molecule has 1 aliphatic rings. The number of fused-ring (bicyclic) bond motifs is 1. The number of nitrogens with zero attached hydrogens (tertiary/aromatic N) is 5. The van der Waals surface area contributed by atoms with Crippen LogP contribution in [0.4, 0.5) is 10.2 Å². The van der Waals surface area contributed by atoms with E-state index in [1.807, 2.05) is 10.7 Å². The van der Waals surface area contributed by atoms with Crippen molar-refractivity contribution in [3.63, 3.8) is 0 Å². The predicted octanol–water partition coefficient (Wildman–Crippen LogP) is 4.02. The van der Waals surface area contributed by atoms with Gasteiger partial charge in [0.25, 0.3) is 0 Å². The summed E-state index contributed by atoms with van der Waals surface area (Å²) in [5, 5.41) is 9.06. The molecule has 7 heteroatoms. The quantitative estimate of drug-likeness (QED) is 0.527. The number of hydrogen-bond donors (Lipinski definition) is 0. The molecule has 0 bridgehead atoms. The van der Waals surface area contributed by atoms with Crippen LogP contribution in [0, 0.1) is 5.82 Å². The number of anilines is 1. The molecule has 3 aromatic heterocycles. The molecule has 4 heterocycles. The van der Waals surface area contributed by atoms with Gasteiger partial charge < -0.3 is 9.80 Å². The first kappa shape index (κ1) is 17.3. The fourth-order valence-corrected chi connectivity index (χ4v) is 4.20. The molecule has 0 aliphatic carbocycles. The van der Waals surface area contributed by atoms with E-state index in [1.54, 1.807) is 23.5 Å². The molecule has 1 aromatic carbocycles. The minimum Gasteiger partial charge on any atom is -0.353 e. The maximum Gasteiger partial charge on any atom is 0.162 e. The number of aromatic nitrogens is 3. The monoisotopic (exact) mass is 393 g/mol. The average molecular weight is 393 g/mol. The van der Waals surface area contributed by atoms with Crippen molar-refractivity contribution in [3.8, 4) is 22.4 Å². The van der Waals surface area contributed by atoms with Gasteiger partial charge in [-0.1, -0.05) is 0 Å². The van der Waals surface area contributed by atoms with Gasteiger partial charge in [0.15, 0.2) is 5.65 Å². The largest absolute Gasteiger partial charge is 0.353 e. The molecule has 5 rings (SSSR count). The zero-order valence-corrected chi connectivity index (χ0v) is 16.4. The molecule has 0 saturated carbocycles. The van der Waals surface area contributed by atoms with Gasteiger partial charge in [0.1, 0.15) is 11.6 Å². The predicted molar refractivity (Wildman–Crippen MR) is 111 cm³/mol. The number of hydrogen-bond acceptors (Lipinski definition) is 5. The molecule has 1 fully saturated rings. The Morgan fingerprint density at radius 2 is 1.79 bits per heavy atom. The van der Waals surface area contributed by atoms with Crippen LogP contribution in [-0.2, 0) is 0 Å². The SMILES string of the molecule is CN1CCN(c2cc(-c3ccsc3)c3nc(-c4ccc(F)cc4)cn3n2)CC1. The second-order valence-corrected chi connectivity index (χ2v) is 7.90. The second-order valence-electron chi connectivity index (χ2n) is 7.12. The fraction of sp³-hybridized carbons (Fsp3) is 0.238. The van der Waals surface area contributed by atoms with E-state index in [0.29, 0.717) is 0 Å². The highest BCUT2D eigenvalue weighted by atomic mass is 32.1. The molecule has 0 radical (unpaired) electrons. The van der Waals surface area contributed by atoms with Crippen LogP contribution in [0.25, 0.3) is 28.0 Å². The highest BCUT2D eigenvalue weighted by Gasteiger charge is 2.19. The van der Waals surface area contributed by atoms with Crippen LogP contribution in [0.2, 0.25) is 0 Å². The summed E-state index contributed by atoms with van der Waals surface area (Å²) in [5.74, 6) is 0.715. The van der Waals surface area contributed by atoms with Crippen LogP contribution < -0.4 is 4.90 Å². The minimum atomic E-state index is -0.248. The Hall–Kier alpha value is -2.77. The lowest BCUT2D eigenvalue weighted by atomic mass is 10.1. The number of likely N-dealkylation sites (N-methyl/N-ethyl adjacent to an activating group) is 1. The topological polar surface area (TPSA) is 36.7 Å². The summed E-state index contributed by atoms with van der Waals surface area (Å²) in [5.41, 5.74) is 4.70. The molecule has 0 N–H and O–H groups in total. The van der Waals surface area contributed by atoms with Crippen LogP contribution in [0.3, 0.4) is 0 Å². The molecule has 4 aromatic rings. The maximum absolute atomic E-state index is 13.3. The van der Waals surface area contributed by atoms with Crippen LogP contribution in [0.5, 0.6) is 0 Å². The van der Waals surface area contributed by atoms with E-state index in [0.717, 1.165) is 60.0 Å². The van der Waals surface area contributed by atoms with Crippen molar-refractivity contribution in [1.82, 2.24) is 19.5 Å². The Kier molecular flexibility index (Phi) is 4.33. The van der Waals surface area contributed by atoms with Crippen molar-refractivity contribution in [2.75, 3.05) is 38.1 Å². The van der Waals surface area contributed by atoms with Crippen molar-refractivity contribution in [2.24, 2.45) is 0 Å². The molecule has 0 atom stereocenters. The summed E-state index contributed by atoms with van der Waals surface area (Å²) < 4.78 is 15.2. The molecule has 0 unspecified atom stereocenters. The van der Waals surface area contributed by atoms with Gasteiger partial charge in [-0.2, -0.15) is 11.3 Å². The van der Waals surface area contributed by atoms with E-state index >= 15 is 0 Å². The van der Waals surface area contributed by atoms with Crippen molar-refractivity contribution in [2.45, 2.75) is 0 Å². The molecule has 142 valence electrons. The summed E-state index contributed by atoms with van der Waals surface area (Å²) in [6.07, 6.45) is 1.93. The zero-order chi connectivity index (χ0) is 19.1. The lowest BCUT2D eigenvalue weighted by molar-refractivity contribution is 0.311. The zero-order valence-electron chi connectivity index (χ0n) is 15.5. The first-order valence-corrected chi connectivity index (χ1v) is 10.2. The van der Waals surface area contributed by atoms with Crippen molar-refractivity contribution in [3.05, 3.63) is 59.2 Å². The highest BCUT2D eigenvalue weighted by Crippen LogP contribution is 2.31. The van der Waals surface area contributed by atoms with Gasteiger partial charge in [0.2, 0.25) is 0 Å². The standard InChI is InChI=1S/C21H20FN5S/c1-25-7-9-26(10-8-25)20-12-18(16-6-11-28-14-16)21-23-19(13-27(21)24-20)15-2-4-17(22)5-3-15/h2-6,11-14H,7-10H2,1H3. The lowest BCUT2D eigenvalue weighted by Gasteiger charge is -2.33. The third-order valence-electron chi connectivity index (χ3n) is 5.21. The van der Waals surface area contributed by atoms with Gasteiger partial charge in [-0.3, -0.25) is 0 Å². The van der Waals surface area contributed by atoms with Crippen molar-refractivity contribution >= 4 is 22.8 Å². The van der Waals surface area contributed by atoms with Gasteiger partial charge in [0, 0.05) is 37.3 Å². The number of imidazole rings is 1. The number of benzene rings is 1. The maximum atomic E-state index is 13.3.